The molecule has 33 heavy (non-hydrogen) atoms. The van der Waals surface area contributed by atoms with Crippen LogP contribution in [0.2, 0.25) is 0 Å². The summed E-state index contributed by atoms with van der Waals surface area (Å²) in [5.74, 6) is 0.974. The van der Waals surface area contributed by atoms with Crippen molar-refractivity contribution in [2.75, 3.05) is 14.2 Å². The quantitative estimate of drug-likeness (QED) is 0.244. The van der Waals surface area contributed by atoms with Crippen LogP contribution in [0.15, 0.2) is 59.4 Å². The number of carbonyl (C=O) groups is 1. The first-order valence-electron chi connectivity index (χ1n) is 10.5. The average Bonchev–Trinajstić information content (AvgIpc) is 3.56. The maximum absolute atomic E-state index is 13.1. The van der Waals surface area contributed by atoms with Crippen molar-refractivity contribution in [1.82, 2.24) is 4.40 Å². The van der Waals surface area contributed by atoms with E-state index in [9.17, 15) is 4.79 Å². The molecular formula is C26H23NO4S2. The Hall–Kier alpha value is -3.29. The number of aromatic nitrogens is 1. The molecule has 0 spiro atoms. The third-order valence-corrected chi connectivity index (χ3v) is 7.25. The Morgan fingerprint density at radius 3 is 2.21 bits per heavy atom. The van der Waals surface area contributed by atoms with Gasteiger partial charge in [-0.1, -0.05) is 12.1 Å². The molecule has 5 rings (SSSR count). The van der Waals surface area contributed by atoms with Gasteiger partial charge in [-0.2, -0.15) is 0 Å². The van der Waals surface area contributed by atoms with E-state index in [2.05, 4.69) is 11.4 Å². The van der Waals surface area contributed by atoms with E-state index in [4.69, 9.17) is 14.2 Å². The summed E-state index contributed by atoms with van der Waals surface area (Å²) < 4.78 is 18.9. The second kappa shape index (κ2) is 8.57. The molecule has 0 saturated heterocycles. The van der Waals surface area contributed by atoms with Crippen molar-refractivity contribution in [3.05, 3.63) is 65.1 Å². The number of pyridine rings is 1. The molecule has 0 bridgehead atoms. The third kappa shape index (κ3) is 3.57. The number of rotatable bonds is 6. The number of benzene rings is 1. The minimum atomic E-state index is -0.373. The number of hydrogen-bond donors (Lipinski definition) is 0. The van der Waals surface area contributed by atoms with E-state index < -0.39 is 0 Å². The van der Waals surface area contributed by atoms with Crippen LogP contribution in [0, 0.1) is 0 Å². The first kappa shape index (κ1) is 21.6. The van der Waals surface area contributed by atoms with Gasteiger partial charge in [-0.05, 0) is 60.3 Å². The summed E-state index contributed by atoms with van der Waals surface area (Å²) in [6, 6.07) is 14.2. The van der Waals surface area contributed by atoms with E-state index in [1.165, 1.54) is 7.11 Å². The van der Waals surface area contributed by atoms with E-state index in [0.717, 1.165) is 37.2 Å². The van der Waals surface area contributed by atoms with Gasteiger partial charge in [0.1, 0.15) is 5.69 Å². The number of thiophene rings is 2. The first-order valence-corrected chi connectivity index (χ1v) is 12.3. The molecule has 168 valence electrons. The van der Waals surface area contributed by atoms with E-state index >= 15 is 0 Å². The molecule has 4 heterocycles. The van der Waals surface area contributed by atoms with Crippen molar-refractivity contribution in [2.24, 2.45) is 0 Å². The highest BCUT2D eigenvalue weighted by Gasteiger charge is 2.28. The summed E-state index contributed by atoms with van der Waals surface area (Å²) in [7, 11) is 3.06. The second-order valence-electron chi connectivity index (χ2n) is 7.84. The minimum absolute atomic E-state index is 0.0198. The molecule has 0 aliphatic carbocycles. The van der Waals surface area contributed by atoms with E-state index in [0.29, 0.717) is 17.2 Å². The number of fused-ring (bicyclic) bond motifs is 3. The predicted molar refractivity (Wildman–Crippen MR) is 135 cm³/mol. The van der Waals surface area contributed by atoms with Crippen molar-refractivity contribution in [3.8, 4) is 32.4 Å². The van der Waals surface area contributed by atoms with Gasteiger partial charge in [0.2, 0.25) is 0 Å². The van der Waals surface area contributed by atoms with Crippen LogP contribution in [0.25, 0.3) is 37.2 Å². The van der Waals surface area contributed by atoms with Gasteiger partial charge in [0, 0.05) is 32.5 Å². The number of carbonyl (C=O) groups excluding carboxylic acids is 1. The fraction of sp³-hybridized carbons (Fsp3) is 0.192. The van der Waals surface area contributed by atoms with Crippen LogP contribution in [-0.2, 0) is 4.74 Å². The van der Waals surface area contributed by atoms with Gasteiger partial charge in [-0.25, -0.2) is 4.79 Å². The van der Waals surface area contributed by atoms with Crippen LogP contribution in [0.3, 0.4) is 0 Å². The normalized spacial score (nSPS) is 11.4. The van der Waals surface area contributed by atoms with Gasteiger partial charge in [0.25, 0.3) is 0 Å². The number of ether oxygens (including phenoxy) is 3. The Balaban J connectivity index is 1.96. The molecule has 0 N–H and O–H groups in total. The maximum Gasteiger partial charge on any atom is 0.355 e. The Morgan fingerprint density at radius 1 is 0.939 bits per heavy atom. The van der Waals surface area contributed by atoms with Crippen LogP contribution in [0.5, 0.6) is 11.5 Å². The van der Waals surface area contributed by atoms with Crippen LogP contribution in [-0.4, -0.2) is 30.7 Å². The standard InChI is InChI=1S/C26H23NO4S2/c1-15(2)31-19-13-16-9-10-27-24(17(16)14-18(19)29-3)22(20-7-5-11-32-20)23(21-8-6-12-33-21)25(27)26(28)30-4/h5-15H,1-4H3. The summed E-state index contributed by atoms with van der Waals surface area (Å²) >= 11 is 3.25. The molecule has 1 aromatic carbocycles. The monoisotopic (exact) mass is 477 g/mol. The molecule has 0 saturated carbocycles. The molecule has 5 aromatic rings. The maximum atomic E-state index is 13.1. The lowest BCUT2D eigenvalue weighted by Crippen LogP contribution is -2.07. The van der Waals surface area contributed by atoms with E-state index in [-0.39, 0.29) is 12.1 Å². The van der Waals surface area contributed by atoms with Crippen molar-refractivity contribution in [1.29, 1.82) is 0 Å². The summed E-state index contributed by atoms with van der Waals surface area (Å²) in [6.45, 7) is 3.98. The molecule has 0 fully saturated rings. The van der Waals surface area contributed by atoms with Gasteiger partial charge >= 0.3 is 5.97 Å². The molecule has 0 amide bonds. The fourth-order valence-electron chi connectivity index (χ4n) is 4.20. The molecule has 4 aromatic heterocycles. The van der Waals surface area contributed by atoms with Crippen molar-refractivity contribution in [3.63, 3.8) is 0 Å². The summed E-state index contributed by atoms with van der Waals surface area (Å²) in [5.41, 5.74) is 3.35. The third-order valence-electron chi connectivity index (χ3n) is 5.48. The van der Waals surface area contributed by atoms with Gasteiger partial charge in [-0.3, -0.25) is 0 Å². The van der Waals surface area contributed by atoms with Crippen LogP contribution >= 0.6 is 22.7 Å². The SMILES string of the molecule is COC(=O)c1c(-c2cccs2)c(-c2cccs2)c2c3cc(OC)c(OC(C)C)cc3ccn12. The Kier molecular flexibility index (Phi) is 5.60. The summed E-state index contributed by atoms with van der Waals surface area (Å²) in [5, 5.41) is 6.05. The molecule has 0 radical (unpaired) electrons. The average molecular weight is 478 g/mol. The van der Waals surface area contributed by atoms with Crippen molar-refractivity contribution >= 4 is 44.9 Å². The fourth-order valence-corrected chi connectivity index (χ4v) is 5.76. The number of nitrogens with zero attached hydrogens (tertiary/aromatic N) is 1. The lowest BCUT2D eigenvalue weighted by molar-refractivity contribution is 0.0594. The Labute approximate surface area is 199 Å². The number of esters is 1. The first-order chi connectivity index (χ1) is 16.0. The van der Waals surface area contributed by atoms with Crippen LogP contribution in [0.4, 0.5) is 0 Å². The topological polar surface area (TPSA) is 49.2 Å². The highest BCUT2D eigenvalue weighted by molar-refractivity contribution is 7.14. The van der Waals surface area contributed by atoms with Gasteiger partial charge < -0.3 is 18.6 Å². The Bertz CT molecular complexity index is 1450. The zero-order valence-corrected chi connectivity index (χ0v) is 20.4. The summed E-state index contributed by atoms with van der Waals surface area (Å²) in [6.07, 6.45) is 1.95. The largest absolute Gasteiger partial charge is 0.493 e. The highest BCUT2D eigenvalue weighted by atomic mass is 32.1. The smallest absolute Gasteiger partial charge is 0.355 e. The summed E-state index contributed by atoms with van der Waals surface area (Å²) in [4.78, 5) is 15.2. The molecule has 7 heteroatoms. The second-order valence-corrected chi connectivity index (χ2v) is 9.73. The molecule has 0 atom stereocenters. The number of hydrogen-bond acceptors (Lipinski definition) is 6. The van der Waals surface area contributed by atoms with Crippen LogP contribution in [0.1, 0.15) is 24.3 Å². The highest BCUT2D eigenvalue weighted by Crippen LogP contribution is 2.47. The molecule has 0 aliphatic heterocycles. The molecule has 0 unspecified atom stereocenters. The molecular weight excluding hydrogens is 454 g/mol. The van der Waals surface area contributed by atoms with Crippen molar-refractivity contribution in [2.45, 2.75) is 20.0 Å². The minimum Gasteiger partial charge on any atom is -0.493 e. The molecule has 0 aliphatic rings. The zero-order chi connectivity index (χ0) is 23.1. The van der Waals surface area contributed by atoms with Gasteiger partial charge in [0.05, 0.1) is 25.8 Å². The zero-order valence-electron chi connectivity index (χ0n) is 18.7. The van der Waals surface area contributed by atoms with E-state index in [1.54, 1.807) is 29.8 Å². The Morgan fingerprint density at radius 2 is 1.64 bits per heavy atom. The molecule has 5 nitrogen and oxygen atoms in total. The lowest BCUT2D eigenvalue weighted by Gasteiger charge is -2.15. The predicted octanol–water partition coefficient (Wildman–Crippen LogP) is 7.13. The van der Waals surface area contributed by atoms with Crippen molar-refractivity contribution < 1.29 is 19.0 Å². The lowest BCUT2D eigenvalue weighted by atomic mass is 10.0. The van der Waals surface area contributed by atoms with E-state index in [1.807, 2.05) is 66.2 Å². The number of methoxy groups -OCH3 is 2. The van der Waals surface area contributed by atoms with Gasteiger partial charge in [-0.15, -0.1) is 22.7 Å². The van der Waals surface area contributed by atoms with Gasteiger partial charge in [0.15, 0.2) is 11.5 Å². The van der Waals surface area contributed by atoms with Crippen LogP contribution < -0.4 is 9.47 Å².